The monoisotopic (exact) mass is 323 g/mol. The molecule has 0 aliphatic rings. The van der Waals surface area contributed by atoms with Gasteiger partial charge in [0.25, 0.3) is 5.56 Å². The van der Waals surface area contributed by atoms with Gasteiger partial charge in [-0.3, -0.25) is 9.36 Å². The minimum atomic E-state index is -0.987. The third-order valence-corrected chi connectivity index (χ3v) is 3.61. The van der Waals surface area contributed by atoms with E-state index in [-0.39, 0.29) is 16.1 Å². The van der Waals surface area contributed by atoms with Gasteiger partial charge in [-0.1, -0.05) is 35.3 Å². The lowest BCUT2D eigenvalue weighted by Gasteiger charge is -2.07. The topological polar surface area (TPSA) is 59.3 Å². The summed E-state index contributed by atoms with van der Waals surface area (Å²) in [6, 6.07) is 7.68. The second-order valence-electron chi connectivity index (χ2n) is 4.34. The minimum absolute atomic E-state index is 0.0384. The van der Waals surface area contributed by atoms with Crippen molar-refractivity contribution in [1.82, 2.24) is 4.57 Å². The van der Waals surface area contributed by atoms with Gasteiger partial charge < -0.3 is 5.11 Å². The molecule has 1 heterocycles. The molecule has 1 aromatic carbocycles. The van der Waals surface area contributed by atoms with Gasteiger partial charge in [0.1, 0.15) is 5.02 Å². The second kappa shape index (κ2) is 6.16. The van der Waals surface area contributed by atoms with Crippen LogP contribution in [-0.4, -0.2) is 15.6 Å². The van der Waals surface area contributed by atoms with E-state index in [1.807, 2.05) is 0 Å². The first-order valence-electron chi connectivity index (χ1n) is 5.99. The smallest absolute Gasteiger partial charge is 0.335 e. The van der Waals surface area contributed by atoms with E-state index < -0.39 is 5.97 Å². The van der Waals surface area contributed by atoms with Crippen molar-refractivity contribution >= 4 is 41.4 Å². The predicted octanol–water partition coefficient (Wildman–Crippen LogP) is 3.79. The van der Waals surface area contributed by atoms with E-state index in [0.29, 0.717) is 10.7 Å². The molecule has 0 atom stereocenters. The van der Waals surface area contributed by atoms with E-state index in [0.717, 1.165) is 5.56 Å². The largest absolute Gasteiger partial charge is 0.478 e. The number of pyridine rings is 1. The van der Waals surface area contributed by atoms with Gasteiger partial charge in [0.05, 0.1) is 10.6 Å². The molecule has 1 N–H and O–H groups in total. The van der Waals surface area contributed by atoms with Crippen LogP contribution >= 0.6 is 23.2 Å². The first kappa shape index (κ1) is 15.4. The summed E-state index contributed by atoms with van der Waals surface area (Å²) in [7, 11) is 0. The Kier molecular flexibility index (Phi) is 4.50. The number of nitrogens with zero attached hydrogens (tertiary/aromatic N) is 1. The molecule has 0 aliphatic carbocycles. The maximum absolute atomic E-state index is 11.9. The lowest BCUT2D eigenvalue weighted by molar-refractivity contribution is 0.0697. The van der Waals surface area contributed by atoms with Crippen molar-refractivity contribution in [1.29, 1.82) is 0 Å². The van der Waals surface area contributed by atoms with Gasteiger partial charge in [-0.2, -0.15) is 0 Å². The van der Waals surface area contributed by atoms with Gasteiger partial charge >= 0.3 is 5.97 Å². The van der Waals surface area contributed by atoms with Crippen molar-refractivity contribution in [3.05, 3.63) is 67.6 Å². The average molecular weight is 324 g/mol. The van der Waals surface area contributed by atoms with Crippen molar-refractivity contribution in [3.63, 3.8) is 0 Å². The van der Waals surface area contributed by atoms with Crippen LogP contribution in [0.1, 0.15) is 21.6 Å². The van der Waals surface area contributed by atoms with Crippen molar-refractivity contribution in [3.8, 4) is 0 Å². The highest BCUT2D eigenvalue weighted by molar-refractivity contribution is 6.34. The molecule has 0 radical (unpaired) electrons. The van der Waals surface area contributed by atoms with Gasteiger partial charge in [-0.05, 0) is 36.8 Å². The molecular formula is C15H11Cl2NO3. The SMILES string of the molecule is Cc1c(Cl)cc(Cl)c(=O)n1/C=C/c1ccc(C(=O)O)cc1. The zero-order valence-electron chi connectivity index (χ0n) is 11.0. The van der Waals surface area contributed by atoms with E-state index >= 15 is 0 Å². The predicted molar refractivity (Wildman–Crippen MR) is 84.1 cm³/mol. The maximum Gasteiger partial charge on any atom is 0.335 e. The normalized spacial score (nSPS) is 11.0. The standard InChI is InChI=1S/C15H11Cl2NO3/c1-9-12(16)8-13(17)14(19)18(9)7-6-10-2-4-11(5-3-10)15(20)21/h2-8H,1H3,(H,20,21)/b7-6+. The van der Waals surface area contributed by atoms with Crippen molar-refractivity contribution < 1.29 is 9.90 Å². The Labute approximate surface area is 130 Å². The van der Waals surface area contributed by atoms with E-state index in [2.05, 4.69) is 0 Å². The van der Waals surface area contributed by atoms with Gasteiger partial charge in [0, 0.05) is 11.9 Å². The molecular weight excluding hydrogens is 313 g/mol. The zero-order chi connectivity index (χ0) is 15.6. The van der Waals surface area contributed by atoms with Gasteiger partial charge in [-0.15, -0.1) is 0 Å². The lowest BCUT2D eigenvalue weighted by atomic mass is 10.1. The Bertz CT molecular complexity index is 777. The van der Waals surface area contributed by atoms with Crippen LogP contribution in [0, 0.1) is 6.92 Å². The summed E-state index contributed by atoms with van der Waals surface area (Å²) in [4.78, 5) is 22.7. The Morgan fingerprint density at radius 3 is 2.38 bits per heavy atom. The number of carboxylic acids is 1. The fourth-order valence-corrected chi connectivity index (χ4v) is 2.19. The van der Waals surface area contributed by atoms with Crippen molar-refractivity contribution in [2.75, 3.05) is 0 Å². The number of carboxylic acid groups (broad SMARTS) is 1. The fourth-order valence-electron chi connectivity index (χ4n) is 1.74. The highest BCUT2D eigenvalue weighted by Crippen LogP contribution is 2.17. The molecule has 0 aliphatic heterocycles. The molecule has 21 heavy (non-hydrogen) atoms. The molecule has 6 heteroatoms. The Morgan fingerprint density at radius 1 is 1.19 bits per heavy atom. The Morgan fingerprint density at radius 2 is 1.81 bits per heavy atom. The molecule has 0 unspecified atom stereocenters. The number of benzene rings is 1. The van der Waals surface area contributed by atoms with Crippen LogP contribution in [0.3, 0.4) is 0 Å². The third kappa shape index (κ3) is 3.35. The van der Waals surface area contributed by atoms with Crippen molar-refractivity contribution in [2.24, 2.45) is 0 Å². The molecule has 0 amide bonds. The van der Waals surface area contributed by atoms with Crippen molar-refractivity contribution in [2.45, 2.75) is 6.92 Å². The summed E-state index contributed by atoms with van der Waals surface area (Å²) >= 11 is 11.8. The van der Waals surface area contributed by atoms with Crippen LogP contribution in [0.4, 0.5) is 0 Å². The van der Waals surface area contributed by atoms with Crippen LogP contribution in [0.5, 0.6) is 0 Å². The average Bonchev–Trinajstić information content (AvgIpc) is 2.45. The van der Waals surface area contributed by atoms with Gasteiger partial charge in [-0.25, -0.2) is 4.79 Å². The molecule has 0 bridgehead atoms. The van der Waals surface area contributed by atoms with Crippen LogP contribution in [-0.2, 0) is 0 Å². The summed E-state index contributed by atoms with van der Waals surface area (Å²) < 4.78 is 1.34. The molecule has 108 valence electrons. The summed E-state index contributed by atoms with van der Waals surface area (Å²) in [5.41, 5.74) is 1.16. The molecule has 4 nitrogen and oxygen atoms in total. The van der Waals surface area contributed by atoms with Gasteiger partial charge in [0.2, 0.25) is 0 Å². The number of hydrogen-bond donors (Lipinski definition) is 1. The minimum Gasteiger partial charge on any atom is -0.478 e. The van der Waals surface area contributed by atoms with E-state index in [9.17, 15) is 9.59 Å². The first-order valence-corrected chi connectivity index (χ1v) is 6.74. The molecule has 0 fully saturated rings. The number of aromatic nitrogens is 1. The summed E-state index contributed by atoms with van der Waals surface area (Å²) in [5, 5.41) is 9.26. The highest BCUT2D eigenvalue weighted by atomic mass is 35.5. The molecule has 2 aromatic rings. The van der Waals surface area contributed by atoms with E-state index in [1.54, 1.807) is 31.3 Å². The zero-order valence-corrected chi connectivity index (χ0v) is 12.5. The van der Waals surface area contributed by atoms with Crippen LogP contribution in [0.2, 0.25) is 10.0 Å². The van der Waals surface area contributed by atoms with Crippen LogP contribution in [0.25, 0.3) is 12.3 Å². The summed E-state index contributed by atoms with van der Waals surface area (Å²) in [6.45, 7) is 1.71. The molecule has 0 saturated heterocycles. The molecule has 2 rings (SSSR count). The molecule has 0 spiro atoms. The number of aromatic carboxylic acids is 1. The highest BCUT2D eigenvalue weighted by Gasteiger charge is 2.07. The number of halogens is 2. The van der Waals surface area contributed by atoms with Gasteiger partial charge in [0.15, 0.2) is 0 Å². The van der Waals surface area contributed by atoms with Crippen LogP contribution < -0.4 is 5.56 Å². The fraction of sp³-hybridized carbons (Fsp3) is 0.0667. The molecule has 1 aromatic heterocycles. The van der Waals surface area contributed by atoms with E-state index in [1.165, 1.54) is 22.8 Å². The Balaban J connectivity index is 2.38. The number of hydrogen-bond acceptors (Lipinski definition) is 2. The first-order chi connectivity index (χ1) is 9.90. The lowest BCUT2D eigenvalue weighted by Crippen LogP contribution is -2.18. The number of rotatable bonds is 3. The van der Waals surface area contributed by atoms with E-state index in [4.69, 9.17) is 28.3 Å². The Hall–Kier alpha value is -2.04. The number of carbonyl (C=O) groups is 1. The summed E-state index contributed by atoms with van der Waals surface area (Å²) in [6.07, 6.45) is 3.22. The third-order valence-electron chi connectivity index (χ3n) is 2.96. The second-order valence-corrected chi connectivity index (χ2v) is 5.16. The maximum atomic E-state index is 11.9. The quantitative estimate of drug-likeness (QED) is 0.934. The van der Waals surface area contributed by atoms with Crippen LogP contribution in [0.15, 0.2) is 35.1 Å². The molecule has 0 saturated carbocycles. The summed E-state index contributed by atoms with van der Waals surface area (Å²) in [5.74, 6) is -0.987.